The number of aryl methyl sites for hydroxylation is 1. The molecule has 31 heavy (non-hydrogen) atoms. The van der Waals surface area contributed by atoms with Crippen molar-refractivity contribution in [3.05, 3.63) is 73.8 Å². The molecule has 4 rings (SSSR count). The number of ether oxygens (including phenoxy) is 1. The van der Waals surface area contributed by atoms with Gasteiger partial charge in [-0.05, 0) is 79.4 Å². The summed E-state index contributed by atoms with van der Waals surface area (Å²) < 4.78 is 5.73. The van der Waals surface area contributed by atoms with Gasteiger partial charge in [0, 0.05) is 23.2 Å². The Bertz CT molecular complexity index is 1300. The van der Waals surface area contributed by atoms with E-state index >= 15 is 0 Å². The third-order valence-corrected chi connectivity index (χ3v) is 6.20. The number of fused-ring (bicyclic) bond motifs is 1. The first-order valence-electron chi connectivity index (χ1n) is 10.1. The van der Waals surface area contributed by atoms with Gasteiger partial charge < -0.3 is 15.0 Å². The van der Waals surface area contributed by atoms with Crippen LogP contribution in [0.2, 0.25) is 5.02 Å². The van der Waals surface area contributed by atoms with Crippen LogP contribution in [0.5, 0.6) is 5.75 Å². The van der Waals surface area contributed by atoms with E-state index in [0.717, 1.165) is 10.9 Å². The van der Waals surface area contributed by atoms with Gasteiger partial charge in [0.2, 0.25) is 0 Å². The maximum absolute atomic E-state index is 12.8. The molecule has 1 aromatic carbocycles. The predicted octanol–water partition coefficient (Wildman–Crippen LogP) is 6.57. The van der Waals surface area contributed by atoms with Gasteiger partial charge in [-0.15, -0.1) is 0 Å². The molecule has 4 aromatic rings. The minimum absolute atomic E-state index is 0.00806. The number of anilines is 1. The number of pyridine rings is 2. The summed E-state index contributed by atoms with van der Waals surface area (Å²) in [7, 11) is 0. The third kappa shape index (κ3) is 4.60. The Kier molecular flexibility index (Phi) is 6.03. The molecular weight excluding hydrogens is 430 g/mol. The Morgan fingerprint density at radius 2 is 1.97 bits per heavy atom. The summed E-state index contributed by atoms with van der Waals surface area (Å²) in [5.41, 5.74) is 4.67. The number of H-pyrrole nitrogens is 1. The fourth-order valence-corrected chi connectivity index (χ4v) is 4.60. The molecule has 0 fully saturated rings. The molecule has 3 aromatic heterocycles. The number of rotatable bonds is 6. The molecule has 0 amide bonds. The standard InChI is InChI=1S/C24H24ClN3O2S/c1-13(2)30-22-10-21-17(8-20(22)25)7-18(24(29)28-21)15(4)27-23-9-16(5-6-26-23)19-12-31-11-14(19)3/h5-13,15H,1-4H3,(H,26,27)(H,28,29)/t15-/m0/s1. The van der Waals surface area contributed by atoms with Crippen LogP contribution in [-0.2, 0) is 0 Å². The average Bonchev–Trinajstić information content (AvgIpc) is 3.14. The van der Waals surface area contributed by atoms with Crippen molar-refractivity contribution in [1.29, 1.82) is 0 Å². The van der Waals surface area contributed by atoms with Gasteiger partial charge in [0.25, 0.3) is 5.56 Å². The molecule has 1 atom stereocenters. The molecule has 0 saturated carbocycles. The topological polar surface area (TPSA) is 67.0 Å². The molecular formula is C24H24ClN3O2S. The van der Waals surface area contributed by atoms with E-state index in [0.29, 0.717) is 27.7 Å². The van der Waals surface area contributed by atoms with E-state index in [-0.39, 0.29) is 17.7 Å². The normalized spacial score (nSPS) is 12.3. The van der Waals surface area contributed by atoms with Crippen LogP contribution in [0.4, 0.5) is 5.82 Å². The van der Waals surface area contributed by atoms with Gasteiger partial charge >= 0.3 is 0 Å². The summed E-state index contributed by atoms with van der Waals surface area (Å²) in [6.07, 6.45) is 1.77. The van der Waals surface area contributed by atoms with Crippen molar-refractivity contribution in [2.45, 2.75) is 39.8 Å². The zero-order chi connectivity index (χ0) is 22.1. The van der Waals surface area contributed by atoms with Crippen molar-refractivity contribution < 1.29 is 4.74 Å². The average molecular weight is 454 g/mol. The molecule has 160 valence electrons. The van der Waals surface area contributed by atoms with Crippen LogP contribution in [-0.4, -0.2) is 16.1 Å². The smallest absolute Gasteiger partial charge is 0.253 e. The highest BCUT2D eigenvalue weighted by Gasteiger charge is 2.15. The number of halogens is 1. The molecule has 0 aliphatic rings. The van der Waals surface area contributed by atoms with Crippen LogP contribution in [0.15, 0.2) is 52.1 Å². The summed E-state index contributed by atoms with van der Waals surface area (Å²) in [6.45, 7) is 7.91. The van der Waals surface area contributed by atoms with Crippen molar-refractivity contribution in [1.82, 2.24) is 9.97 Å². The summed E-state index contributed by atoms with van der Waals surface area (Å²) >= 11 is 8.07. The van der Waals surface area contributed by atoms with Gasteiger partial charge in [0.05, 0.1) is 22.7 Å². The van der Waals surface area contributed by atoms with E-state index in [4.69, 9.17) is 16.3 Å². The maximum atomic E-state index is 12.8. The summed E-state index contributed by atoms with van der Waals surface area (Å²) in [6, 6.07) is 9.21. The molecule has 0 bridgehead atoms. The SMILES string of the molecule is Cc1cscc1-c1ccnc(N[C@@H](C)c2cc3cc(Cl)c(OC(C)C)cc3[nH]c2=O)c1. The number of aromatic nitrogens is 2. The number of hydrogen-bond donors (Lipinski definition) is 2. The molecule has 2 N–H and O–H groups in total. The summed E-state index contributed by atoms with van der Waals surface area (Å²) in [5, 5.41) is 8.97. The Hall–Kier alpha value is -2.83. The van der Waals surface area contributed by atoms with Crippen LogP contribution >= 0.6 is 22.9 Å². The molecule has 0 spiro atoms. The molecule has 5 nitrogen and oxygen atoms in total. The minimum Gasteiger partial charge on any atom is -0.489 e. The van der Waals surface area contributed by atoms with Crippen LogP contribution in [0.25, 0.3) is 22.0 Å². The van der Waals surface area contributed by atoms with Crippen molar-refractivity contribution >= 4 is 39.7 Å². The first kappa shape index (κ1) is 21.4. The second-order valence-electron chi connectivity index (χ2n) is 7.85. The number of thiophene rings is 1. The zero-order valence-corrected chi connectivity index (χ0v) is 19.4. The van der Waals surface area contributed by atoms with E-state index in [2.05, 4.69) is 33.0 Å². The van der Waals surface area contributed by atoms with Gasteiger partial charge in [-0.25, -0.2) is 4.98 Å². The quantitative estimate of drug-likeness (QED) is 0.346. The second-order valence-corrected chi connectivity index (χ2v) is 9.01. The lowest BCUT2D eigenvalue weighted by molar-refractivity contribution is 0.243. The fraction of sp³-hybridized carbons (Fsp3) is 0.250. The first-order valence-corrected chi connectivity index (χ1v) is 11.4. The van der Waals surface area contributed by atoms with Crippen LogP contribution < -0.4 is 15.6 Å². The Morgan fingerprint density at radius 3 is 2.68 bits per heavy atom. The Labute approximate surface area is 190 Å². The molecule has 0 aliphatic heterocycles. The molecule has 7 heteroatoms. The van der Waals surface area contributed by atoms with Crippen molar-refractivity contribution in [3.8, 4) is 16.9 Å². The Morgan fingerprint density at radius 1 is 1.16 bits per heavy atom. The van der Waals surface area contributed by atoms with Crippen LogP contribution in [0, 0.1) is 6.92 Å². The third-order valence-electron chi connectivity index (χ3n) is 5.05. The second kappa shape index (κ2) is 8.73. The van der Waals surface area contributed by atoms with Crippen LogP contribution in [0.3, 0.4) is 0 Å². The molecule has 0 radical (unpaired) electrons. The van der Waals surface area contributed by atoms with E-state index in [9.17, 15) is 4.79 Å². The summed E-state index contributed by atoms with van der Waals surface area (Å²) in [5.74, 6) is 1.28. The first-order chi connectivity index (χ1) is 14.8. The molecule has 0 unspecified atom stereocenters. The van der Waals surface area contributed by atoms with Crippen molar-refractivity contribution in [3.63, 3.8) is 0 Å². The number of hydrogen-bond acceptors (Lipinski definition) is 5. The zero-order valence-electron chi connectivity index (χ0n) is 17.8. The van der Waals surface area contributed by atoms with Gasteiger partial charge in [0.15, 0.2) is 0 Å². The van der Waals surface area contributed by atoms with Gasteiger partial charge in [0.1, 0.15) is 11.6 Å². The highest BCUT2D eigenvalue weighted by molar-refractivity contribution is 7.08. The van der Waals surface area contributed by atoms with Gasteiger partial charge in [-0.1, -0.05) is 11.6 Å². The molecule has 0 aliphatic carbocycles. The molecule has 0 saturated heterocycles. The lowest BCUT2D eigenvalue weighted by Crippen LogP contribution is -2.20. The number of aromatic amines is 1. The molecule has 3 heterocycles. The van der Waals surface area contributed by atoms with Crippen LogP contribution in [0.1, 0.15) is 37.9 Å². The van der Waals surface area contributed by atoms with Crippen molar-refractivity contribution in [2.75, 3.05) is 5.32 Å². The number of nitrogens with zero attached hydrogens (tertiary/aromatic N) is 1. The van der Waals surface area contributed by atoms with Crippen molar-refractivity contribution in [2.24, 2.45) is 0 Å². The van der Waals surface area contributed by atoms with E-state index in [1.807, 2.05) is 45.0 Å². The van der Waals surface area contributed by atoms with Gasteiger partial charge in [-0.2, -0.15) is 11.3 Å². The number of nitrogens with one attached hydrogen (secondary N) is 2. The van der Waals surface area contributed by atoms with Gasteiger partial charge in [-0.3, -0.25) is 4.79 Å². The lowest BCUT2D eigenvalue weighted by atomic mass is 10.1. The lowest BCUT2D eigenvalue weighted by Gasteiger charge is -2.16. The van der Waals surface area contributed by atoms with E-state index < -0.39 is 0 Å². The highest BCUT2D eigenvalue weighted by Crippen LogP contribution is 2.31. The minimum atomic E-state index is -0.246. The fourth-order valence-electron chi connectivity index (χ4n) is 3.52. The predicted molar refractivity (Wildman–Crippen MR) is 130 cm³/mol. The monoisotopic (exact) mass is 453 g/mol. The largest absolute Gasteiger partial charge is 0.489 e. The number of benzene rings is 1. The maximum Gasteiger partial charge on any atom is 0.253 e. The van der Waals surface area contributed by atoms with E-state index in [1.165, 1.54) is 11.1 Å². The highest BCUT2D eigenvalue weighted by atomic mass is 35.5. The Balaban J connectivity index is 1.63. The summed E-state index contributed by atoms with van der Waals surface area (Å²) in [4.78, 5) is 20.2. The van der Waals surface area contributed by atoms with E-state index in [1.54, 1.807) is 23.6 Å².